The number of benzene rings is 2. The van der Waals surface area contributed by atoms with Crippen LogP contribution in [-0.4, -0.2) is 12.2 Å². The smallest absolute Gasteiger partial charge is 0.167 e. The highest BCUT2D eigenvalue weighted by Crippen LogP contribution is 2.31. The van der Waals surface area contributed by atoms with E-state index in [-0.39, 0.29) is 6.61 Å². The Morgan fingerprint density at radius 1 is 1.16 bits per heavy atom. The van der Waals surface area contributed by atoms with Gasteiger partial charge in [-0.25, -0.2) is 0 Å². The third kappa shape index (κ3) is 3.49. The summed E-state index contributed by atoms with van der Waals surface area (Å²) in [6, 6.07) is 13.4. The average molecular weight is 323 g/mol. The zero-order chi connectivity index (χ0) is 13.7. The summed E-state index contributed by atoms with van der Waals surface area (Å²) in [5.74, 6) is 1.22. The van der Waals surface area contributed by atoms with E-state index >= 15 is 0 Å². The Hall–Kier alpha value is -1.52. The van der Waals surface area contributed by atoms with Crippen LogP contribution >= 0.6 is 15.9 Å². The number of hydrogen-bond acceptors (Lipinski definition) is 3. The maximum Gasteiger partial charge on any atom is 0.167 e. The Morgan fingerprint density at radius 2 is 1.95 bits per heavy atom. The van der Waals surface area contributed by atoms with Gasteiger partial charge in [-0.3, -0.25) is 0 Å². The molecule has 0 aliphatic carbocycles. The molecule has 100 valence electrons. The van der Waals surface area contributed by atoms with Crippen LogP contribution < -0.4 is 9.47 Å². The van der Waals surface area contributed by atoms with Gasteiger partial charge in [-0.05, 0) is 23.8 Å². The maximum absolute atomic E-state index is 9.34. The lowest BCUT2D eigenvalue weighted by Crippen LogP contribution is -2.01. The predicted octanol–water partition coefficient (Wildman–Crippen LogP) is 3.53. The van der Waals surface area contributed by atoms with Crippen molar-refractivity contribution in [1.29, 1.82) is 0 Å². The second-order valence-corrected chi connectivity index (χ2v) is 4.94. The summed E-state index contributed by atoms with van der Waals surface area (Å²) >= 11 is 3.42. The lowest BCUT2D eigenvalue weighted by Gasteiger charge is -2.14. The van der Waals surface area contributed by atoms with Gasteiger partial charge in [0.1, 0.15) is 6.61 Å². The first-order valence-corrected chi connectivity index (χ1v) is 6.68. The largest absolute Gasteiger partial charge is 0.493 e. The summed E-state index contributed by atoms with van der Waals surface area (Å²) in [6.45, 7) is 0.345. The predicted molar refractivity (Wildman–Crippen MR) is 77.4 cm³/mol. The monoisotopic (exact) mass is 322 g/mol. The molecule has 2 aromatic rings. The van der Waals surface area contributed by atoms with Gasteiger partial charge in [0, 0.05) is 10.0 Å². The Balaban J connectivity index is 2.19. The molecule has 0 spiro atoms. The van der Waals surface area contributed by atoms with Gasteiger partial charge in [0.2, 0.25) is 0 Å². The van der Waals surface area contributed by atoms with E-state index in [1.165, 1.54) is 0 Å². The molecule has 0 atom stereocenters. The third-order valence-corrected chi connectivity index (χ3v) is 3.22. The third-order valence-electron chi connectivity index (χ3n) is 2.72. The molecule has 0 heterocycles. The van der Waals surface area contributed by atoms with E-state index in [0.717, 1.165) is 10.0 Å². The van der Waals surface area contributed by atoms with Gasteiger partial charge >= 0.3 is 0 Å². The van der Waals surface area contributed by atoms with Crippen LogP contribution in [0.5, 0.6) is 11.5 Å². The van der Waals surface area contributed by atoms with Crippen LogP contribution in [0.2, 0.25) is 0 Å². The van der Waals surface area contributed by atoms with Crippen LogP contribution in [0.25, 0.3) is 0 Å². The van der Waals surface area contributed by atoms with Crippen molar-refractivity contribution in [3.8, 4) is 11.5 Å². The van der Waals surface area contributed by atoms with E-state index in [4.69, 9.17) is 9.47 Å². The highest BCUT2D eigenvalue weighted by molar-refractivity contribution is 9.10. The highest BCUT2D eigenvalue weighted by atomic mass is 79.9. The van der Waals surface area contributed by atoms with E-state index in [9.17, 15) is 5.11 Å². The first-order valence-electron chi connectivity index (χ1n) is 5.88. The molecular formula is C15H15BrO3. The van der Waals surface area contributed by atoms with E-state index in [0.29, 0.717) is 23.7 Å². The molecule has 19 heavy (non-hydrogen) atoms. The molecule has 2 aromatic carbocycles. The lowest BCUT2D eigenvalue weighted by atomic mass is 10.2. The number of methoxy groups -OCH3 is 1. The molecule has 0 radical (unpaired) electrons. The van der Waals surface area contributed by atoms with Crippen LogP contribution in [0.15, 0.2) is 46.9 Å². The van der Waals surface area contributed by atoms with Gasteiger partial charge in [0.15, 0.2) is 11.5 Å². The fourth-order valence-electron chi connectivity index (χ4n) is 1.79. The van der Waals surface area contributed by atoms with Gasteiger partial charge in [0.25, 0.3) is 0 Å². The molecule has 0 fully saturated rings. The zero-order valence-corrected chi connectivity index (χ0v) is 12.2. The summed E-state index contributed by atoms with van der Waals surface area (Å²) in [5, 5.41) is 9.34. The van der Waals surface area contributed by atoms with Crippen molar-refractivity contribution in [3.63, 3.8) is 0 Å². The van der Waals surface area contributed by atoms with Crippen LogP contribution in [0.3, 0.4) is 0 Å². The number of hydrogen-bond donors (Lipinski definition) is 1. The van der Waals surface area contributed by atoms with Crippen LogP contribution in [0, 0.1) is 0 Å². The zero-order valence-electron chi connectivity index (χ0n) is 10.6. The molecular weight excluding hydrogens is 308 g/mol. The molecule has 0 saturated heterocycles. The van der Waals surface area contributed by atoms with Gasteiger partial charge in [-0.1, -0.05) is 40.2 Å². The van der Waals surface area contributed by atoms with Crippen molar-refractivity contribution in [1.82, 2.24) is 0 Å². The molecule has 0 bridgehead atoms. The molecule has 0 amide bonds. The molecule has 1 N–H and O–H groups in total. The van der Waals surface area contributed by atoms with E-state index in [1.54, 1.807) is 7.11 Å². The second kappa shape index (κ2) is 6.59. The average Bonchev–Trinajstić information content (AvgIpc) is 2.44. The van der Waals surface area contributed by atoms with Gasteiger partial charge in [-0.15, -0.1) is 0 Å². The van der Waals surface area contributed by atoms with Crippen LogP contribution in [0.4, 0.5) is 0 Å². The standard InChI is InChI=1S/C15H15BrO3/c1-18-14-7-3-5-12(9-17)15(14)19-10-11-4-2-6-13(16)8-11/h2-8,17H,9-10H2,1H3. The summed E-state index contributed by atoms with van der Waals surface area (Å²) in [4.78, 5) is 0. The summed E-state index contributed by atoms with van der Waals surface area (Å²) in [7, 11) is 1.59. The number of ether oxygens (including phenoxy) is 2. The fraction of sp³-hybridized carbons (Fsp3) is 0.200. The summed E-state index contributed by atoms with van der Waals surface area (Å²) in [5.41, 5.74) is 1.76. The van der Waals surface area contributed by atoms with Crippen molar-refractivity contribution in [2.45, 2.75) is 13.2 Å². The highest BCUT2D eigenvalue weighted by Gasteiger charge is 2.10. The van der Waals surface area contributed by atoms with Gasteiger partial charge < -0.3 is 14.6 Å². The molecule has 2 rings (SSSR count). The molecule has 0 aliphatic heterocycles. The first kappa shape index (κ1) is 13.9. The molecule has 0 unspecified atom stereocenters. The lowest BCUT2D eigenvalue weighted by molar-refractivity contribution is 0.250. The number of aliphatic hydroxyl groups is 1. The quantitative estimate of drug-likeness (QED) is 0.915. The molecule has 3 nitrogen and oxygen atoms in total. The summed E-state index contributed by atoms with van der Waals surface area (Å²) in [6.07, 6.45) is 0. The van der Waals surface area contributed by atoms with E-state index < -0.39 is 0 Å². The van der Waals surface area contributed by atoms with Gasteiger partial charge in [-0.2, -0.15) is 0 Å². The maximum atomic E-state index is 9.34. The van der Waals surface area contributed by atoms with Crippen molar-refractivity contribution < 1.29 is 14.6 Å². The van der Waals surface area contributed by atoms with Crippen molar-refractivity contribution in [3.05, 3.63) is 58.1 Å². The van der Waals surface area contributed by atoms with Crippen LogP contribution in [-0.2, 0) is 13.2 Å². The topological polar surface area (TPSA) is 38.7 Å². The fourth-order valence-corrected chi connectivity index (χ4v) is 2.24. The Bertz CT molecular complexity index is 533. The van der Waals surface area contributed by atoms with Crippen molar-refractivity contribution >= 4 is 15.9 Å². The normalized spacial score (nSPS) is 10.3. The minimum absolute atomic E-state index is 0.0784. The van der Waals surface area contributed by atoms with Gasteiger partial charge in [0.05, 0.1) is 13.7 Å². The SMILES string of the molecule is COc1cccc(CO)c1OCc1cccc(Br)c1. The first-order chi connectivity index (χ1) is 9.24. The number of halogens is 1. The van der Waals surface area contributed by atoms with E-state index in [2.05, 4.69) is 15.9 Å². The van der Waals surface area contributed by atoms with Crippen molar-refractivity contribution in [2.75, 3.05) is 7.11 Å². The molecule has 4 heteroatoms. The number of rotatable bonds is 5. The van der Waals surface area contributed by atoms with E-state index in [1.807, 2.05) is 42.5 Å². The Labute approximate surface area is 120 Å². The minimum Gasteiger partial charge on any atom is -0.493 e. The Morgan fingerprint density at radius 3 is 2.63 bits per heavy atom. The Kier molecular flexibility index (Phi) is 4.82. The van der Waals surface area contributed by atoms with Crippen molar-refractivity contribution in [2.24, 2.45) is 0 Å². The minimum atomic E-state index is -0.0784. The molecule has 0 saturated carbocycles. The molecule has 0 aliphatic rings. The number of para-hydroxylation sites is 1. The summed E-state index contributed by atoms with van der Waals surface area (Å²) < 4.78 is 12.1. The molecule has 0 aromatic heterocycles. The van der Waals surface area contributed by atoms with Crippen LogP contribution in [0.1, 0.15) is 11.1 Å². The number of aliphatic hydroxyl groups excluding tert-OH is 1. The second-order valence-electron chi connectivity index (χ2n) is 4.03.